The number of hydrogen-bond donors (Lipinski definition) is 0. The highest BCUT2D eigenvalue weighted by atomic mass is 32.2. The molecule has 1 heterocycles. The molecular weight excluding hydrogens is 276 g/mol. The van der Waals surface area contributed by atoms with Crippen LogP contribution in [-0.4, -0.2) is 37.8 Å². The molecule has 2 aromatic rings. The van der Waals surface area contributed by atoms with Crippen LogP contribution in [0.2, 0.25) is 0 Å². The summed E-state index contributed by atoms with van der Waals surface area (Å²) >= 11 is 0. The normalized spacial score (nSPS) is 13.9. The van der Waals surface area contributed by atoms with Crippen LogP contribution in [0.4, 0.5) is 0 Å². The van der Waals surface area contributed by atoms with Crippen LogP contribution in [0.1, 0.15) is 24.2 Å². The lowest BCUT2D eigenvalue weighted by molar-refractivity contribution is 0.414. The number of benzene rings is 1. The van der Waals surface area contributed by atoms with Crippen LogP contribution in [0, 0.1) is 0 Å². The number of nitrogens with zero attached hydrogens (tertiary/aromatic N) is 4. The summed E-state index contributed by atoms with van der Waals surface area (Å²) in [4.78, 5) is 1.38. The van der Waals surface area contributed by atoms with Crippen LogP contribution >= 0.6 is 0 Å². The topological polar surface area (TPSA) is 69.9 Å². The lowest BCUT2D eigenvalue weighted by atomic mass is 10.0. The number of hydrogen-bond acceptors (Lipinski definition) is 5. The van der Waals surface area contributed by atoms with Gasteiger partial charge in [-0.1, -0.05) is 19.1 Å². The van der Waals surface area contributed by atoms with Crippen LogP contribution in [0.15, 0.2) is 24.3 Å². The molecule has 0 aliphatic heterocycles. The van der Waals surface area contributed by atoms with Gasteiger partial charge in [-0.15, -0.1) is 10.2 Å². The minimum atomic E-state index is -0.974. The third kappa shape index (κ3) is 3.86. The van der Waals surface area contributed by atoms with Gasteiger partial charge in [-0.05, 0) is 29.3 Å². The highest BCUT2D eigenvalue weighted by molar-refractivity contribution is 7.83. The van der Waals surface area contributed by atoms with E-state index in [1.54, 1.807) is 13.4 Å². The minimum absolute atomic E-state index is 0.155. The fourth-order valence-corrected chi connectivity index (χ4v) is 2.31. The van der Waals surface area contributed by atoms with E-state index in [4.69, 9.17) is 4.74 Å². The average molecular weight is 294 g/mol. The first-order valence-corrected chi connectivity index (χ1v) is 8.02. The van der Waals surface area contributed by atoms with Crippen LogP contribution in [-0.2, 0) is 23.1 Å². The van der Waals surface area contributed by atoms with E-state index >= 15 is 0 Å². The van der Waals surface area contributed by atoms with E-state index in [9.17, 15) is 4.21 Å². The Balaban J connectivity index is 2.01. The van der Waals surface area contributed by atoms with Crippen LogP contribution in [0.5, 0.6) is 5.75 Å². The maximum absolute atomic E-state index is 11.1. The highest BCUT2D eigenvalue weighted by Crippen LogP contribution is 2.18. The van der Waals surface area contributed by atoms with Gasteiger partial charge in [0.05, 0.1) is 7.11 Å². The Labute approximate surface area is 120 Å². The highest BCUT2D eigenvalue weighted by Gasteiger charge is 2.13. The van der Waals surface area contributed by atoms with Gasteiger partial charge in [0.2, 0.25) is 0 Å². The third-order valence-electron chi connectivity index (χ3n) is 2.91. The number of aromatic nitrogens is 4. The Bertz CT molecular complexity index is 582. The predicted molar refractivity (Wildman–Crippen MR) is 77.0 cm³/mol. The van der Waals surface area contributed by atoms with Gasteiger partial charge in [-0.2, -0.15) is 4.80 Å². The number of methoxy groups -OCH3 is 1. The van der Waals surface area contributed by atoms with E-state index < -0.39 is 10.8 Å². The van der Waals surface area contributed by atoms with Gasteiger partial charge in [-0.25, -0.2) is 0 Å². The number of rotatable bonds is 6. The molecule has 0 spiro atoms. The fraction of sp³-hybridized carbons (Fsp3) is 0.462. The molecular formula is C13H18N4O2S. The second-order valence-corrected chi connectivity index (χ2v) is 6.08. The van der Waals surface area contributed by atoms with Gasteiger partial charge in [0.15, 0.2) is 5.82 Å². The lowest BCUT2D eigenvalue weighted by Crippen LogP contribution is -2.07. The van der Waals surface area contributed by atoms with Crippen molar-refractivity contribution < 1.29 is 8.95 Å². The number of tetrazole rings is 1. The molecule has 0 saturated heterocycles. The summed E-state index contributed by atoms with van der Waals surface area (Å²) in [5, 5.41) is 12.2. The lowest BCUT2D eigenvalue weighted by Gasteiger charge is -2.07. The Morgan fingerprint density at radius 3 is 2.65 bits per heavy atom. The monoisotopic (exact) mass is 294 g/mol. The molecule has 0 N–H and O–H groups in total. The van der Waals surface area contributed by atoms with Crippen LogP contribution < -0.4 is 4.74 Å². The summed E-state index contributed by atoms with van der Waals surface area (Å²) < 4.78 is 16.2. The van der Waals surface area contributed by atoms with E-state index in [0.29, 0.717) is 5.82 Å². The summed E-state index contributed by atoms with van der Waals surface area (Å²) in [6.45, 7) is 2.05. The van der Waals surface area contributed by atoms with Crippen molar-refractivity contribution in [3.05, 3.63) is 35.7 Å². The second kappa shape index (κ2) is 6.60. The Morgan fingerprint density at radius 1 is 1.35 bits per heavy atom. The van der Waals surface area contributed by atoms with E-state index in [1.165, 1.54) is 10.4 Å². The molecule has 0 aliphatic carbocycles. The summed E-state index contributed by atoms with van der Waals surface area (Å²) in [5.74, 6) is 1.95. The zero-order valence-corrected chi connectivity index (χ0v) is 12.6. The average Bonchev–Trinajstić information content (AvgIpc) is 2.87. The second-order valence-electron chi connectivity index (χ2n) is 4.68. The van der Waals surface area contributed by atoms with Gasteiger partial charge >= 0.3 is 0 Å². The zero-order valence-electron chi connectivity index (χ0n) is 11.8. The molecule has 20 heavy (non-hydrogen) atoms. The predicted octanol–water partition coefficient (Wildman–Crippen LogP) is 1.36. The van der Waals surface area contributed by atoms with Gasteiger partial charge in [-0.3, -0.25) is 4.21 Å². The minimum Gasteiger partial charge on any atom is -0.497 e. The Kier molecular flexibility index (Phi) is 4.84. The first-order chi connectivity index (χ1) is 9.58. The summed E-state index contributed by atoms with van der Waals surface area (Å²) in [6, 6.07) is 7.93. The Hall–Kier alpha value is -1.76. The van der Waals surface area contributed by atoms with Crippen molar-refractivity contribution in [2.75, 3.05) is 13.4 Å². The van der Waals surface area contributed by atoms with Crippen molar-refractivity contribution in [2.45, 2.75) is 25.1 Å². The van der Waals surface area contributed by atoms with E-state index in [2.05, 4.69) is 22.3 Å². The van der Waals surface area contributed by atoms with Gasteiger partial charge in [0, 0.05) is 23.0 Å². The molecule has 0 fully saturated rings. The van der Waals surface area contributed by atoms with Crippen LogP contribution in [0.25, 0.3) is 0 Å². The third-order valence-corrected chi connectivity index (χ3v) is 3.50. The maximum atomic E-state index is 11.1. The maximum Gasteiger partial charge on any atom is 0.177 e. The summed E-state index contributed by atoms with van der Waals surface area (Å²) in [6.07, 6.45) is 2.44. The van der Waals surface area contributed by atoms with Gasteiger partial charge < -0.3 is 4.74 Å². The number of ether oxygens (including phenoxy) is 1. The smallest absolute Gasteiger partial charge is 0.177 e. The molecule has 2 rings (SSSR count). The molecule has 7 heteroatoms. The van der Waals surface area contributed by atoms with Crippen molar-refractivity contribution >= 4 is 10.8 Å². The molecule has 0 aliphatic rings. The Morgan fingerprint density at radius 2 is 2.05 bits per heavy atom. The molecule has 1 aromatic heterocycles. The molecule has 1 aromatic carbocycles. The van der Waals surface area contributed by atoms with Crippen molar-refractivity contribution in [1.82, 2.24) is 20.2 Å². The van der Waals surface area contributed by atoms with Gasteiger partial charge in [0.25, 0.3) is 0 Å². The molecule has 2 atom stereocenters. The van der Waals surface area contributed by atoms with Crippen molar-refractivity contribution in [2.24, 2.45) is 0 Å². The quantitative estimate of drug-likeness (QED) is 0.804. The van der Waals surface area contributed by atoms with Crippen LogP contribution in [0.3, 0.4) is 0 Å². The SMILES string of the molecule is COc1ccc(C[C@H](C)c2nnn(CS(C)=O)n2)cc1. The summed E-state index contributed by atoms with van der Waals surface area (Å²) in [7, 11) is 0.676. The van der Waals surface area contributed by atoms with Crippen molar-refractivity contribution in [3.8, 4) is 5.75 Å². The fourth-order valence-electron chi connectivity index (χ4n) is 1.88. The van der Waals surface area contributed by atoms with Crippen molar-refractivity contribution in [3.63, 3.8) is 0 Å². The molecule has 0 amide bonds. The molecule has 108 valence electrons. The molecule has 6 nitrogen and oxygen atoms in total. The molecule has 0 saturated carbocycles. The van der Waals surface area contributed by atoms with E-state index in [1.807, 2.05) is 24.3 Å². The molecule has 0 bridgehead atoms. The van der Waals surface area contributed by atoms with Gasteiger partial charge in [0.1, 0.15) is 11.6 Å². The largest absolute Gasteiger partial charge is 0.497 e. The van der Waals surface area contributed by atoms with Crippen molar-refractivity contribution in [1.29, 1.82) is 0 Å². The zero-order chi connectivity index (χ0) is 14.5. The van der Waals surface area contributed by atoms with E-state index in [0.717, 1.165) is 12.2 Å². The standard InChI is InChI=1S/C13H18N4O2S/c1-10(8-11-4-6-12(19-2)7-5-11)13-14-16-17(15-13)9-20(3)18/h4-7,10H,8-9H2,1-3H3/t10-,20?/m0/s1. The van der Waals surface area contributed by atoms with E-state index in [-0.39, 0.29) is 11.8 Å². The summed E-state index contributed by atoms with van der Waals surface area (Å²) in [5.41, 5.74) is 1.19. The first-order valence-electron chi connectivity index (χ1n) is 6.29. The molecule has 1 unspecified atom stereocenters. The first kappa shape index (κ1) is 14.6. The molecule has 0 radical (unpaired) electrons.